The van der Waals surface area contributed by atoms with Crippen LogP contribution in [0.5, 0.6) is 5.75 Å². The second kappa shape index (κ2) is 5.55. The standard InChI is InChI=1S/C10H13BrOS/c1-8-9(12-7-3-6-11)4-2-5-10(8)13/h2,4-5,13H,3,6-7H2,1H3. The number of thiol groups is 1. The van der Waals surface area contributed by atoms with Gasteiger partial charge in [-0.05, 0) is 25.5 Å². The van der Waals surface area contributed by atoms with E-state index >= 15 is 0 Å². The molecule has 13 heavy (non-hydrogen) atoms. The molecule has 0 unspecified atom stereocenters. The molecule has 1 rings (SSSR count). The van der Waals surface area contributed by atoms with Crippen molar-refractivity contribution in [3.63, 3.8) is 0 Å². The summed E-state index contributed by atoms with van der Waals surface area (Å²) in [5, 5.41) is 0.979. The fourth-order valence-corrected chi connectivity index (χ4v) is 1.42. The van der Waals surface area contributed by atoms with E-state index in [2.05, 4.69) is 28.6 Å². The van der Waals surface area contributed by atoms with Crippen molar-refractivity contribution in [3.8, 4) is 5.75 Å². The second-order valence-corrected chi connectivity index (χ2v) is 4.07. The van der Waals surface area contributed by atoms with Crippen LogP contribution < -0.4 is 4.74 Å². The van der Waals surface area contributed by atoms with Crippen molar-refractivity contribution in [3.05, 3.63) is 23.8 Å². The second-order valence-electron chi connectivity index (χ2n) is 2.79. The lowest BCUT2D eigenvalue weighted by atomic mass is 10.2. The summed E-state index contributed by atoms with van der Waals surface area (Å²) in [5.74, 6) is 0.938. The summed E-state index contributed by atoms with van der Waals surface area (Å²) in [6, 6.07) is 5.90. The van der Waals surface area contributed by atoms with Gasteiger partial charge in [-0.15, -0.1) is 12.6 Å². The minimum Gasteiger partial charge on any atom is -0.493 e. The molecule has 72 valence electrons. The first-order chi connectivity index (χ1) is 6.25. The molecule has 0 saturated carbocycles. The Morgan fingerprint density at radius 2 is 2.23 bits per heavy atom. The quantitative estimate of drug-likeness (QED) is 0.496. The van der Waals surface area contributed by atoms with Crippen molar-refractivity contribution in [2.75, 3.05) is 11.9 Å². The fourth-order valence-electron chi connectivity index (χ4n) is 0.996. The molecule has 0 heterocycles. The minimum absolute atomic E-state index is 0.753. The van der Waals surface area contributed by atoms with E-state index in [1.165, 1.54) is 0 Å². The van der Waals surface area contributed by atoms with E-state index in [4.69, 9.17) is 4.74 Å². The third-order valence-corrected chi connectivity index (χ3v) is 2.84. The smallest absolute Gasteiger partial charge is 0.123 e. The van der Waals surface area contributed by atoms with Gasteiger partial charge in [0, 0.05) is 15.8 Å². The summed E-state index contributed by atoms with van der Waals surface area (Å²) in [7, 11) is 0. The zero-order chi connectivity index (χ0) is 9.68. The molecular weight excluding hydrogens is 248 g/mol. The van der Waals surface area contributed by atoms with E-state index in [9.17, 15) is 0 Å². The van der Waals surface area contributed by atoms with Crippen LogP contribution in [0.2, 0.25) is 0 Å². The highest BCUT2D eigenvalue weighted by Gasteiger charge is 2.00. The van der Waals surface area contributed by atoms with Gasteiger partial charge in [-0.2, -0.15) is 0 Å². The fraction of sp³-hybridized carbons (Fsp3) is 0.400. The van der Waals surface area contributed by atoms with Gasteiger partial charge in [-0.25, -0.2) is 0 Å². The molecule has 0 saturated heterocycles. The molecule has 0 aliphatic rings. The highest BCUT2D eigenvalue weighted by Crippen LogP contribution is 2.23. The first kappa shape index (κ1) is 10.9. The summed E-state index contributed by atoms with van der Waals surface area (Å²) in [4.78, 5) is 0.983. The summed E-state index contributed by atoms with van der Waals surface area (Å²) in [6.45, 7) is 2.77. The number of halogens is 1. The van der Waals surface area contributed by atoms with E-state index in [0.717, 1.165) is 34.6 Å². The Labute approximate surface area is 93.0 Å². The Hall–Kier alpha value is -0.150. The highest BCUT2D eigenvalue weighted by molar-refractivity contribution is 9.09. The number of alkyl halides is 1. The Morgan fingerprint density at radius 3 is 2.92 bits per heavy atom. The van der Waals surface area contributed by atoms with Crippen LogP contribution in [0.4, 0.5) is 0 Å². The zero-order valence-corrected chi connectivity index (χ0v) is 10.1. The first-order valence-corrected chi connectivity index (χ1v) is 5.80. The Morgan fingerprint density at radius 1 is 1.46 bits per heavy atom. The average molecular weight is 261 g/mol. The van der Waals surface area contributed by atoms with Crippen molar-refractivity contribution < 1.29 is 4.74 Å². The molecule has 3 heteroatoms. The molecule has 1 nitrogen and oxygen atoms in total. The van der Waals surface area contributed by atoms with Crippen LogP contribution in [0.1, 0.15) is 12.0 Å². The monoisotopic (exact) mass is 260 g/mol. The van der Waals surface area contributed by atoms with E-state index in [1.807, 2.05) is 25.1 Å². The molecule has 0 amide bonds. The van der Waals surface area contributed by atoms with Crippen LogP contribution in [0.25, 0.3) is 0 Å². The van der Waals surface area contributed by atoms with E-state index in [1.54, 1.807) is 0 Å². The molecule has 0 bridgehead atoms. The van der Waals surface area contributed by atoms with Gasteiger partial charge < -0.3 is 4.74 Å². The predicted octanol–water partition coefficient (Wildman–Crippen LogP) is 3.45. The predicted molar refractivity (Wildman–Crippen MR) is 62.3 cm³/mol. The minimum atomic E-state index is 0.753. The summed E-state index contributed by atoms with van der Waals surface area (Å²) in [6.07, 6.45) is 1.02. The van der Waals surface area contributed by atoms with Crippen LogP contribution in [-0.4, -0.2) is 11.9 Å². The molecule has 0 N–H and O–H groups in total. The molecule has 0 aromatic heterocycles. The SMILES string of the molecule is Cc1c(S)cccc1OCCCBr. The van der Waals surface area contributed by atoms with Gasteiger partial charge in [0.05, 0.1) is 6.61 Å². The van der Waals surface area contributed by atoms with Gasteiger partial charge in [-0.3, -0.25) is 0 Å². The Bertz CT molecular complexity index is 276. The maximum absolute atomic E-state index is 5.58. The van der Waals surface area contributed by atoms with Crippen molar-refractivity contribution in [1.29, 1.82) is 0 Å². The zero-order valence-electron chi connectivity index (χ0n) is 7.59. The normalized spacial score (nSPS) is 10.1. The molecule has 0 aliphatic heterocycles. The molecule has 0 spiro atoms. The lowest BCUT2D eigenvalue weighted by Gasteiger charge is -2.09. The molecule has 0 radical (unpaired) electrons. The number of ether oxygens (including phenoxy) is 1. The van der Waals surface area contributed by atoms with Gasteiger partial charge in [0.25, 0.3) is 0 Å². The summed E-state index contributed by atoms with van der Waals surface area (Å²) in [5.41, 5.74) is 1.11. The lowest BCUT2D eigenvalue weighted by Crippen LogP contribution is -1.99. The molecular formula is C10H13BrOS. The van der Waals surface area contributed by atoms with Crippen LogP contribution in [0.3, 0.4) is 0 Å². The van der Waals surface area contributed by atoms with Crippen LogP contribution in [-0.2, 0) is 0 Å². The van der Waals surface area contributed by atoms with Gasteiger partial charge in [0.2, 0.25) is 0 Å². The van der Waals surface area contributed by atoms with Crippen molar-refractivity contribution in [1.82, 2.24) is 0 Å². The summed E-state index contributed by atoms with van der Waals surface area (Å²) >= 11 is 7.68. The number of rotatable bonds is 4. The van der Waals surface area contributed by atoms with Gasteiger partial charge >= 0.3 is 0 Å². The van der Waals surface area contributed by atoms with Crippen LogP contribution in [0, 0.1) is 6.92 Å². The third-order valence-electron chi connectivity index (χ3n) is 1.79. The van der Waals surface area contributed by atoms with Gasteiger partial charge in [-0.1, -0.05) is 22.0 Å². The van der Waals surface area contributed by atoms with Crippen LogP contribution in [0.15, 0.2) is 23.1 Å². The van der Waals surface area contributed by atoms with E-state index < -0.39 is 0 Å². The Kier molecular flexibility index (Phi) is 4.67. The van der Waals surface area contributed by atoms with Crippen molar-refractivity contribution in [2.24, 2.45) is 0 Å². The molecule has 0 aliphatic carbocycles. The van der Waals surface area contributed by atoms with Gasteiger partial charge in [0.1, 0.15) is 5.75 Å². The number of hydrogen-bond acceptors (Lipinski definition) is 2. The molecule has 1 aromatic rings. The van der Waals surface area contributed by atoms with Crippen LogP contribution >= 0.6 is 28.6 Å². The molecule has 0 fully saturated rings. The third kappa shape index (κ3) is 3.24. The summed E-state index contributed by atoms with van der Waals surface area (Å²) < 4.78 is 5.58. The number of hydrogen-bond donors (Lipinski definition) is 1. The maximum Gasteiger partial charge on any atom is 0.123 e. The Balaban J connectivity index is 2.61. The molecule has 1 aromatic carbocycles. The van der Waals surface area contributed by atoms with E-state index in [0.29, 0.717) is 0 Å². The average Bonchev–Trinajstić information content (AvgIpc) is 2.13. The lowest BCUT2D eigenvalue weighted by molar-refractivity contribution is 0.316. The highest BCUT2D eigenvalue weighted by atomic mass is 79.9. The topological polar surface area (TPSA) is 9.23 Å². The molecule has 0 atom stereocenters. The van der Waals surface area contributed by atoms with Crippen molar-refractivity contribution in [2.45, 2.75) is 18.2 Å². The van der Waals surface area contributed by atoms with E-state index in [-0.39, 0.29) is 0 Å². The number of benzene rings is 1. The largest absolute Gasteiger partial charge is 0.493 e. The first-order valence-electron chi connectivity index (χ1n) is 4.23. The van der Waals surface area contributed by atoms with Gasteiger partial charge in [0.15, 0.2) is 0 Å². The maximum atomic E-state index is 5.58. The van der Waals surface area contributed by atoms with Crippen molar-refractivity contribution >= 4 is 28.6 Å².